The monoisotopic (exact) mass is 316 g/mol. The van der Waals surface area contributed by atoms with Crippen molar-refractivity contribution < 1.29 is 15.0 Å². The zero-order valence-corrected chi connectivity index (χ0v) is 13.3. The minimum Gasteiger partial charge on any atom is -0.310 e. The van der Waals surface area contributed by atoms with Crippen LogP contribution >= 0.6 is 11.8 Å². The van der Waals surface area contributed by atoms with Gasteiger partial charge in [0.1, 0.15) is 5.82 Å². The van der Waals surface area contributed by atoms with E-state index in [-0.39, 0.29) is 12.9 Å². The van der Waals surface area contributed by atoms with Crippen LogP contribution in [0.1, 0.15) is 40.6 Å². The lowest BCUT2D eigenvalue weighted by atomic mass is 10.1. The molecule has 0 spiro atoms. The summed E-state index contributed by atoms with van der Waals surface area (Å²) in [5.74, 6) is -1.06. The maximum absolute atomic E-state index is 13.1. The topological polar surface area (TPSA) is 42.0 Å². The molecule has 118 valence electrons. The van der Waals surface area contributed by atoms with Crippen LogP contribution in [0.25, 0.3) is 0 Å². The van der Waals surface area contributed by atoms with E-state index in [1.54, 1.807) is 11.8 Å². The van der Waals surface area contributed by atoms with Gasteiger partial charge in [-0.3, -0.25) is 4.79 Å². The molecule has 1 heterocycles. The molecular weight excluding hydrogens is 294 g/mol. The van der Waals surface area contributed by atoms with Crippen molar-refractivity contribution in [2.24, 2.45) is 5.92 Å². The molecule has 21 heavy (non-hydrogen) atoms. The summed E-state index contributed by atoms with van der Waals surface area (Å²) in [6.45, 7) is 4.55. The van der Waals surface area contributed by atoms with E-state index in [4.69, 9.17) is 0 Å². The fourth-order valence-corrected chi connectivity index (χ4v) is 2.84. The van der Waals surface area contributed by atoms with Gasteiger partial charge in [0, 0.05) is 20.1 Å². The van der Waals surface area contributed by atoms with Crippen LogP contribution in [0.4, 0.5) is 14.6 Å². The fourth-order valence-electron chi connectivity index (χ4n) is 1.67. The Kier molecular flexibility index (Phi) is 4.56. The van der Waals surface area contributed by atoms with Crippen LogP contribution in [-0.4, -0.2) is 21.4 Å². The van der Waals surface area contributed by atoms with Crippen LogP contribution in [-0.2, 0) is 10.7 Å². The van der Waals surface area contributed by atoms with Crippen LogP contribution in [0, 0.1) is 5.92 Å². The van der Waals surface area contributed by atoms with Crippen LogP contribution in [0.2, 0.25) is 0 Å². The number of hydrogen-bond acceptors (Lipinski definition) is 3. The number of thioether (sulfide) groups is 1. The van der Waals surface area contributed by atoms with Crippen LogP contribution in [0.3, 0.4) is 0 Å². The quantitative estimate of drug-likeness (QED) is 0.851. The number of anilines is 1. The maximum atomic E-state index is 13.1. The SMILES string of the molecule is CC(C)(SCC1CC1)C(=O)Nc1ccc(C(C)(F)F)cn1.[HH]. The van der Waals surface area contributed by atoms with E-state index in [2.05, 4.69) is 10.3 Å². The highest BCUT2D eigenvalue weighted by Gasteiger charge is 2.32. The molecule has 0 radical (unpaired) electrons. The predicted molar refractivity (Wildman–Crippen MR) is 83.8 cm³/mol. The number of carbonyl (C=O) groups is 1. The van der Waals surface area contributed by atoms with E-state index in [0.717, 1.165) is 24.8 Å². The number of halogens is 2. The van der Waals surface area contributed by atoms with Crippen molar-refractivity contribution in [3.63, 3.8) is 0 Å². The number of pyridine rings is 1. The van der Waals surface area contributed by atoms with Gasteiger partial charge in [-0.25, -0.2) is 13.8 Å². The van der Waals surface area contributed by atoms with Crippen molar-refractivity contribution >= 4 is 23.5 Å². The summed E-state index contributed by atoms with van der Waals surface area (Å²) < 4.78 is 25.6. The Balaban J connectivity index is 0.00000242. The third kappa shape index (κ3) is 4.66. The van der Waals surface area contributed by atoms with Crippen molar-refractivity contribution in [2.75, 3.05) is 11.1 Å². The van der Waals surface area contributed by atoms with Gasteiger partial charge in [0.25, 0.3) is 5.92 Å². The molecule has 1 aliphatic carbocycles. The Labute approximate surface area is 129 Å². The molecule has 1 aliphatic rings. The lowest BCUT2D eigenvalue weighted by Gasteiger charge is -2.22. The molecule has 0 aromatic carbocycles. The molecule has 1 amide bonds. The minimum absolute atomic E-state index is 0. The minimum atomic E-state index is -2.92. The molecule has 0 atom stereocenters. The second kappa shape index (κ2) is 5.91. The molecule has 0 aliphatic heterocycles. The first-order chi connectivity index (χ1) is 9.68. The van der Waals surface area contributed by atoms with Crippen molar-refractivity contribution in [1.82, 2.24) is 4.98 Å². The zero-order chi connectivity index (χ0) is 15.7. The smallest absolute Gasteiger partial charge is 0.272 e. The van der Waals surface area contributed by atoms with E-state index in [0.29, 0.717) is 5.82 Å². The Morgan fingerprint density at radius 3 is 2.57 bits per heavy atom. The molecule has 2 rings (SSSR count). The summed E-state index contributed by atoms with van der Waals surface area (Å²) in [6.07, 6.45) is 3.60. The Morgan fingerprint density at radius 1 is 1.43 bits per heavy atom. The number of rotatable bonds is 6. The average Bonchev–Trinajstić information content (AvgIpc) is 3.20. The van der Waals surface area contributed by atoms with E-state index in [9.17, 15) is 13.6 Å². The molecule has 6 heteroatoms. The normalized spacial score (nSPS) is 15.9. The number of nitrogens with zero attached hydrogens (tertiary/aromatic N) is 1. The third-order valence-corrected chi connectivity index (χ3v) is 4.98. The summed E-state index contributed by atoms with van der Waals surface area (Å²) >= 11 is 1.62. The predicted octanol–water partition coefficient (Wildman–Crippen LogP) is 4.30. The van der Waals surface area contributed by atoms with Gasteiger partial charge in [-0.15, -0.1) is 11.8 Å². The van der Waals surface area contributed by atoms with Crippen LogP contribution in [0.15, 0.2) is 18.3 Å². The Morgan fingerprint density at radius 2 is 2.10 bits per heavy atom. The summed E-state index contributed by atoms with van der Waals surface area (Å²) in [5.41, 5.74) is -0.164. The molecule has 0 bridgehead atoms. The van der Waals surface area contributed by atoms with Crippen LogP contribution < -0.4 is 5.32 Å². The van der Waals surface area contributed by atoms with Gasteiger partial charge in [0.05, 0.1) is 4.75 Å². The average molecular weight is 316 g/mol. The molecule has 1 aromatic heterocycles. The van der Waals surface area contributed by atoms with Gasteiger partial charge >= 0.3 is 0 Å². The molecule has 3 nitrogen and oxygen atoms in total. The van der Waals surface area contributed by atoms with Crippen LogP contribution in [0.5, 0.6) is 0 Å². The van der Waals surface area contributed by atoms with Gasteiger partial charge in [-0.1, -0.05) is 0 Å². The second-order valence-corrected chi connectivity index (χ2v) is 7.68. The number of alkyl halides is 2. The summed E-state index contributed by atoms with van der Waals surface area (Å²) in [4.78, 5) is 16.1. The Bertz CT molecular complexity index is 513. The molecule has 1 saturated carbocycles. The third-order valence-electron chi connectivity index (χ3n) is 3.44. The molecule has 0 saturated heterocycles. The lowest BCUT2D eigenvalue weighted by Crippen LogP contribution is -2.34. The summed E-state index contributed by atoms with van der Waals surface area (Å²) in [5, 5.41) is 2.69. The van der Waals surface area contributed by atoms with Crippen molar-refractivity contribution in [1.29, 1.82) is 0 Å². The molecule has 0 unspecified atom stereocenters. The summed E-state index contributed by atoms with van der Waals surface area (Å²) in [7, 11) is 0. The van der Waals surface area contributed by atoms with Gasteiger partial charge in [0.2, 0.25) is 5.91 Å². The van der Waals surface area contributed by atoms with E-state index >= 15 is 0 Å². The first-order valence-electron chi connectivity index (χ1n) is 6.98. The molecule has 1 N–H and O–H groups in total. The molecule has 1 fully saturated rings. The van der Waals surface area contributed by atoms with E-state index < -0.39 is 10.7 Å². The van der Waals surface area contributed by atoms with Crippen molar-refractivity contribution in [3.8, 4) is 0 Å². The lowest BCUT2D eigenvalue weighted by molar-refractivity contribution is -0.117. The zero-order valence-electron chi connectivity index (χ0n) is 12.5. The number of carbonyl (C=O) groups excluding carboxylic acids is 1. The van der Waals surface area contributed by atoms with E-state index in [1.165, 1.54) is 25.0 Å². The number of hydrogen-bond donors (Lipinski definition) is 1. The largest absolute Gasteiger partial charge is 0.310 e. The van der Waals surface area contributed by atoms with E-state index in [1.807, 2.05) is 13.8 Å². The standard InChI is InChI=1S/C15H20F2N2OS.H2/c1-14(2,21-9-10-4-5-10)13(20)19-12-7-6-11(8-18-12)15(3,16)17;/h6-8,10H,4-5,9H2,1-3H3,(H,18,19,20);1H. The number of aromatic nitrogens is 1. The van der Waals surface area contributed by atoms with Crippen molar-refractivity contribution in [2.45, 2.75) is 44.3 Å². The Hall–Kier alpha value is -1.17. The second-order valence-electron chi connectivity index (χ2n) is 6.04. The number of amides is 1. The first-order valence-corrected chi connectivity index (χ1v) is 7.97. The fraction of sp³-hybridized carbons (Fsp3) is 0.600. The number of nitrogens with one attached hydrogen (secondary N) is 1. The van der Waals surface area contributed by atoms with Gasteiger partial charge in [-0.2, -0.15) is 0 Å². The molecule has 1 aromatic rings. The van der Waals surface area contributed by atoms with Gasteiger partial charge < -0.3 is 5.32 Å². The first kappa shape index (κ1) is 16.2. The highest BCUT2D eigenvalue weighted by Crippen LogP contribution is 2.37. The highest BCUT2D eigenvalue weighted by atomic mass is 32.2. The van der Waals surface area contributed by atoms with Gasteiger partial charge in [-0.05, 0) is 50.5 Å². The van der Waals surface area contributed by atoms with Gasteiger partial charge in [0.15, 0.2) is 0 Å². The summed E-state index contributed by atoms with van der Waals surface area (Å²) in [6, 6.07) is 2.69. The highest BCUT2D eigenvalue weighted by molar-refractivity contribution is 8.01. The van der Waals surface area contributed by atoms with Crippen molar-refractivity contribution in [3.05, 3.63) is 23.9 Å². The maximum Gasteiger partial charge on any atom is 0.272 e. The molecular formula is C15H22F2N2OS.